The zero-order valence-corrected chi connectivity index (χ0v) is 15.5. The van der Waals surface area contributed by atoms with Crippen molar-refractivity contribution in [2.75, 3.05) is 0 Å². The lowest BCUT2D eigenvalue weighted by Crippen LogP contribution is -2.23. The fourth-order valence-electron chi connectivity index (χ4n) is 2.97. The molecule has 0 fully saturated rings. The smallest absolute Gasteiger partial charge is 0.276 e. The van der Waals surface area contributed by atoms with E-state index in [0.717, 1.165) is 28.2 Å². The lowest BCUT2D eigenvalue weighted by molar-refractivity contribution is 0.414. The van der Waals surface area contributed by atoms with E-state index in [4.69, 9.17) is 9.51 Å². The molecule has 4 rings (SSSR count). The number of rotatable bonds is 3. The summed E-state index contributed by atoms with van der Waals surface area (Å²) in [7, 11) is 0. The first-order valence-electron chi connectivity index (χ1n) is 8.54. The van der Waals surface area contributed by atoms with Gasteiger partial charge in [0.25, 0.3) is 5.71 Å². The van der Waals surface area contributed by atoms with E-state index < -0.39 is 0 Å². The van der Waals surface area contributed by atoms with Crippen molar-refractivity contribution in [3.63, 3.8) is 0 Å². The van der Waals surface area contributed by atoms with Crippen LogP contribution < -0.4 is 0 Å². The van der Waals surface area contributed by atoms with Crippen LogP contribution in [0.25, 0.3) is 22.4 Å². The average molecular weight is 351 g/mol. The van der Waals surface area contributed by atoms with Gasteiger partial charge < -0.3 is 9.51 Å². The van der Waals surface area contributed by atoms with Crippen LogP contribution in [0.5, 0.6) is 0 Å². The largest absolute Gasteiger partial charge is 0.340 e. The van der Waals surface area contributed by atoms with Crippen LogP contribution in [0.15, 0.2) is 23.0 Å². The van der Waals surface area contributed by atoms with Crippen LogP contribution in [0.2, 0.25) is 0 Å². The molecule has 0 saturated heterocycles. The Balaban J connectivity index is 1.71. The van der Waals surface area contributed by atoms with Gasteiger partial charge in [-0.15, -0.1) is 5.10 Å². The van der Waals surface area contributed by atoms with Gasteiger partial charge in [0.15, 0.2) is 11.2 Å². The first kappa shape index (κ1) is 16.6. The second-order valence-corrected chi connectivity index (χ2v) is 8.21. The molecule has 0 bridgehead atoms. The van der Waals surface area contributed by atoms with Crippen molar-refractivity contribution in [2.24, 2.45) is 0 Å². The second-order valence-electron chi connectivity index (χ2n) is 8.21. The molecule has 0 unspecified atom stereocenters. The minimum Gasteiger partial charge on any atom is -0.340 e. The van der Waals surface area contributed by atoms with E-state index >= 15 is 0 Å². The van der Waals surface area contributed by atoms with Gasteiger partial charge in [-0.05, 0) is 6.07 Å². The molecular formula is C18H21N7O. The van der Waals surface area contributed by atoms with Gasteiger partial charge in [-0.3, -0.25) is 0 Å². The maximum atomic E-state index is 5.33. The molecule has 0 spiro atoms. The number of aromatic amines is 1. The molecule has 0 aromatic carbocycles. The van der Waals surface area contributed by atoms with Gasteiger partial charge in [-0.2, -0.15) is 5.10 Å². The van der Waals surface area contributed by atoms with Crippen LogP contribution in [-0.4, -0.2) is 35.3 Å². The molecule has 0 amide bonds. The van der Waals surface area contributed by atoms with Crippen LogP contribution >= 0.6 is 0 Å². The van der Waals surface area contributed by atoms with Gasteiger partial charge in [-0.25, -0.2) is 15.0 Å². The molecule has 26 heavy (non-hydrogen) atoms. The summed E-state index contributed by atoms with van der Waals surface area (Å²) in [6.07, 6.45) is 4.05. The minimum absolute atomic E-state index is 0.161. The number of hydrogen-bond donors (Lipinski definition) is 1. The number of imidazole rings is 1. The van der Waals surface area contributed by atoms with Crippen molar-refractivity contribution in [2.45, 2.75) is 51.9 Å². The fraction of sp³-hybridized carbons (Fsp3) is 0.444. The summed E-state index contributed by atoms with van der Waals surface area (Å²) in [5, 5.41) is 12.1. The first-order valence-corrected chi connectivity index (χ1v) is 8.54. The number of H-pyrrole nitrogens is 1. The van der Waals surface area contributed by atoms with Gasteiger partial charge in [0, 0.05) is 17.3 Å². The number of aromatic nitrogens is 7. The SMILES string of the molecule is CC(C)(C)c1noc2ncc(CC(C)(C)c3nc4nnccc4[nH]3)nc12. The van der Waals surface area contributed by atoms with Gasteiger partial charge >= 0.3 is 0 Å². The normalized spacial score (nSPS) is 13.0. The molecule has 134 valence electrons. The van der Waals surface area contributed by atoms with Gasteiger partial charge in [0.05, 0.1) is 23.6 Å². The van der Waals surface area contributed by atoms with E-state index in [2.05, 4.69) is 64.9 Å². The highest BCUT2D eigenvalue weighted by Crippen LogP contribution is 2.29. The quantitative estimate of drug-likeness (QED) is 0.604. The number of fused-ring (bicyclic) bond motifs is 2. The Morgan fingerprint density at radius 1 is 1.12 bits per heavy atom. The highest BCUT2D eigenvalue weighted by atomic mass is 16.5. The van der Waals surface area contributed by atoms with Crippen molar-refractivity contribution in [3.05, 3.63) is 35.7 Å². The zero-order chi connectivity index (χ0) is 18.5. The third kappa shape index (κ3) is 2.81. The summed E-state index contributed by atoms with van der Waals surface area (Å²) < 4.78 is 5.33. The summed E-state index contributed by atoms with van der Waals surface area (Å²) >= 11 is 0. The van der Waals surface area contributed by atoms with E-state index in [1.807, 2.05) is 6.07 Å². The van der Waals surface area contributed by atoms with Crippen LogP contribution in [-0.2, 0) is 17.3 Å². The number of nitrogens with zero attached hydrogens (tertiary/aromatic N) is 6. The van der Waals surface area contributed by atoms with Crippen molar-refractivity contribution < 1.29 is 4.52 Å². The van der Waals surface area contributed by atoms with E-state index in [9.17, 15) is 0 Å². The number of hydrogen-bond acceptors (Lipinski definition) is 7. The standard InChI is InChI=1S/C18H21N7O/c1-17(2,3)13-12-15(26-25-13)19-9-10(21-12)8-18(4,5)16-22-11-6-7-20-24-14(11)23-16/h6-7,9H,8H2,1-5H3,(H,22,23,24). The molecule has 4 aromatic heterocycles. The lowest BCUT2D eigenvalue weighted by Gasteiger charge is -2.21. The molecule has 0 aliphatic carbocycles. The Bertz CT molecular complexity index is 1050. The zero-order valence-electron chi connectivity index (χ0n) is 15.5. The molecule has 4 heterocycles. The van der Waals surface area contributed by atoms with Gasteiger partial charge in [0.1, 0.15) is 11.5 Å². The van der Waals surface area contributed by atoms with Crippen molar-refractivity contribution in [1.29, 1.82) is 0 Å². The summed E-state index contributed by atoms with van der Waals surface area (Å²) in [5.41, 5.74) is 3.93. The van der Waals surface area contributed by atoms with Crippen LogP contribution in [0, 0.1) is 0 Å². The molecule has 8 heteroatoms. The predicted molar refractivity (Wildman–Crippen MR) is 96.7 cm³/mol. The van der Waals surface area contributed by atoms with E-state index in [1.165, 1.54) is 0 Å². The van der Waals surface area contributed by atoms with Crippen LogP contribution in [0.4, 0.5) is 0 Å². The average Bonchev–Trinajstić information content (AvgIpc) is 3.18. The number of nitrogens with one attached hydrogen (secondary N) is 1. The Morgan fingerprint density at radius 3 is 2.65 bits per heavy atom. The first-order chi connectivity index (χ1) is 12.2. The molecule has 0 aliphatic rings. The van der Waals surface area contributed by atoms with E-state index in [0.29, 0.717) is 17.8 Å². The third-order valence-corrected chi connectivity index (χ3v) is 4.38. The Labute approximate surface area is 150 Å². The molecule has 8 nitrogen and oxygen atoms in total. The maximum absolute atomic E-state index is 5.33. The lowest BCUT2D eigenvalue weighted by atomic mass is 9.87. The monoisotopic (exact) mass is 351 g/mol. The van der Waals surface area contributed by atoms with Crippen molar-refractivity contribution in [1.82, 2.24) is 35.3 Å². The summed E-state index contributed by atoms with van der Waals surface area (Å²) in [6.45, 7) is 10.5. The fourth-order valence-corrected chi connectivity index (χ4v) is 2.97. The molecule has 0 radical (unpaired) electrons. The summed E-state index contributed by atoms with van der Waals surface area (Å²) in [6, 6.07) is 1.87. The molecular weight excluding hydrogens is 330 g/mol. The minimum atomic E-state index is -0.276. The highest BCUT2D eigenvalue weighted by molar-refractivity contribution is 5.72. The van der Waals surface area contributed by atoms with Crippen LogP contribution in [0.1, 0.15) is 51.8 Å². The predicted octanol–water partition coefficient (Wildman–Crippen LogP) is 3.10. The Hall–Kier alpha value is -2.90. The molecule has 1 N–H and O–H groups in total. The molecule has 0 atom stereocenters. The van der Waals surface area contributed by atoms with Gasteiger partial charge in [0.2, 0.25) is 0 Å². The molecule has 0 aliphatic heterocycles. The van der Waals surface area contributed by atoms with E-state index in [1.54, 1.807) is 12.4 Å². The van der Waals surface area contributed by atoms with Crippen LogP contribution in [0.3, 0.4) is 0 Å². The van der Waals surface area contributed by atoms with Crippen molar-refractivity contribution >= 4 is 22.4 Å². The summed E-state index contributed by atoms with van der Waals surface area (Å²) in [4.78, 5) is 17.1. The Kier molecular flexibility index (Phi) is 3.54. The van der Waals surface area contributed by atoms with E-state index in [-0.39, 0.29) is 10.8 Å². The second kappa shape index (κ2) is 5.55. The topological polar surface area (TPSA) is 106 Å². The van der Waals surface area contributed by atoms with Gasteiger partial charge in [-0.1, -0.05) is 39.8 Å². The molecule has 4 aromatic rings. The Morgan fingerprint density at radius 2 is 1.92 bits per heavy atom. The highest BCUT2D eigenvalue weighted by Gasteiger charge is 2.28. The maximum Gasteiger partial charge on any atom is 0.276 e. The van der Waals surface area contributed by atoms with Crippen molar-refractivity contribution in [3.8, 4) is 0 Å². The third-order valence-electron chi connectivity index (χ3n) is 4.38. The summed E-state index contributed by atoms with van der Waals surface area (Å²) in [5.74, 6) is 0.844. The molecule has 0 saturated carbocycles.